The van der Waals surface area contributed by atoms with Gasteiger partial charge in [-0.3, -0.25) is 9.69 Å². The zero-order valence-corrected chi connectivity index (χ0v) is 18.2. The fraction of sp³-hybridized carbons (Fsp3) is 0.773. The summed E-state index contributed by atoms with van der Waals surface area (Å²) in [5, 5.41) is 5.47. The zero-order chi connectivity index (χ0) is 18.3. The van der Waals surface area contributed by atoms with Crippen LogP contribution in [0.1, 0.15) is 55.9 Å². The Bertz CT molecular complexity index is 624. The van der Waals surface area contributed by atoms with Crippen LogP contribution in [-0.4, -0.2) is 43.7 Å². The summed E-state index contributed by atoms with van der Waals surface area (Å²) in [6, 6.07) is 4.61. The minimum Gasteiger partial charge on any atom is -0.379 e. The van der Waals surface area contributed by atoms with Gasteiger partial charge in [-0.25, -0.2) is 0 Å². The minimum absolute atomic E-state index is 0. The summed E-state index contributed by atoms with van der Waals surface area (Å²) in [6.45, 7) is 4.22. The van der Waals surface area contributed by atoms with Crippen LogP contribution in [0.3, 0.4) is 0 Å². The number of nitrogens with zero attached hydrogens (tertiary/aromatic N) is 1. The molecular weight excluding hydrogens is 392 g/mol. The smallest absolute Gasteiger partial charge is 0.220 e. The van der Waals surface area contributed by atoms with Gasteiger partial charge in [0, 0.05) is 30.9 Å². The first-order chi connectivity index (χ1) is 13.2. The molecule has 1 aliphatic heterocycles. The summed E-state index contributed by atoms with van der Waals surface area (Å²) in [6.07, 6.45) is 9.02. The average Bonchev–Trinajstić information content (AvgIpc) is 3.15. The first-order valence-corrected chi connectivity index (χ1v) is 11.7. The Kier molecular flexibility index (Phi) is 6.36. The molecule has 1 aromatic rings. The normalized spacial score (nSPS) is 35.4. The van der Waals surface area contributed by atoms with E-state index in [-0.39, 0.29) is 24.4 Å². The van der Waals surface area contributed by atoms with Crippen molar-refractivity contribution in [3.05, 3.63) is 22.4 Å². The summed E-state index contributed by atoms with van der Waals surface area (Å²) in [5.74, 6) is 3.02. The number of amides is 1. The fourth-order valence-corrected chi connectivity index (χ4v) is 7.76. The van der Waals surface area contributed by atoms with Gasteiger partial charge >= 0.3 is 0 Å². The molecule has 28 heavy (non-hydrogen) atoms. The van der Waals surface area contributed by atoms with Crippen molar-refractivity contribution in [2.24, 2.45) is 23.2 Å². The molecule has 0 radical (unpaired) electrons. The number of nitrogens with one attached hydrogen (secondary N) is 1. The molecule has 4 aliphatic carbocycles. The highest BCUT2D eigenvalue weighted by Gasteiger charge is 2.51. The van der Waals surface area contributed by atoms with Crippen molar-refractivity contribution in [2.45, 2.75) is 51.0 Å². The summed E-state index contributed by atoms with van der Waals surface area (Å²) >= 11 is 1.80. The van der Waals surface area contributed by atoms with Crippen LogP contribution in [0.4, 0.5) is 0 Å². The van der Waals surface area contributed by atoms with Crippen molar-refractivity contribution in [1.29, 1.82) is 0 Å². The molecule has 4 nitrogen and oxygen atoms in total. The number of rotatable bonds is 6. The van der Waals surface area contributed by atoms with Crippen LogP contribution >= 0.6 is 23.7 Å². The molecule has 1 amide bonds. The van der Waals surface area contributed by atoms with Crippen LogP contribution in [0.2, 0.25) is 0 Å². The Labute approximate surface area is 178 Å². The average molecular weight is 425 g/mol. The van der Waals surface area contributed by atoms with Crippen LogP contribution in [0.15, 0.2) is 17.5 Å². The predicted molar refractivity (Wildman–Crippen MR) is 115 cm³/mol. The highest BCUT2D eigenvalue weighted by molar-refractivity contribution is 7.10. The molecule has 1 unspecified atom stereocenters. The first kappa shape index (κ1) is 20.6. The molecule has 5 aliphatic rings. The number of hydrogen-bond donors (Lipinski definition) is 1. The zero-order valence-electron chi connectivity index (χ0n) is 16.6. The molecule has 4 bridgehead atoms. The maximum absolute atomic E-state index is 12.9. The highest BCUT2D eigenvalue weighted by Crippen LogP contribution is 2.61. The van der Waals surface area contributed by atoms with Crippen LogP contribution in [0, 0.1) is 23.2 Å². The summed E-state index contributed by atoms with van der Waals surface area (Å²) in [7, 11) is 0. The van der Waals surface area contributed by atoms with Crippen molar-refractivity contribution in [3.63, 3.8) is 0 Å². The standard InChI is InChI=1S/C22H32N2O2S.ClH/c25-21(14-22-11-16-8-17(12-22)10-18(9-16)13-22)23-15-19(20-2-1-7-27-20)24-3-5-26-6-4-24;/h1-2,7,16-19H,3-6,8-15H2,(H,23,25);1H. The topological polar surface area (TPSA) is 41.6 Å². The van der Waals surface area contributed by atoms with E-state index in [4.69, 9.17) is 4.74 Å². The van der Waals surface area contributed by atoms with Gasteiger partial charge in [0.2, 0.25) is 5.91 Å². The van der Waals surface area contributed by atoms with E-state index < -0.39 is 0 Å². The Balaban J connectivity index is 0.00000192. The van der Waals surface area contributed by atoms with Crippen molar-refractivity contribution >= 4 is 29.7 Å². The lowest BCUT2D eigenvalue weighted by atomic mass is 9.49. The molecular formula is C22H33ClN2O2S. The highest BCUT2D eigenvalue weighted by atomic mass is 35.5. The van der Waals surface area contributed by atoms with Gasteiger partial charge in [0.25, 0.3) is 0 Å². The molecule has 156 valence electrons. The van der Waals surface area contributed by atoms with Gasteiger partial charge in [0.15, 0.2) is 0 Å². The lowest BCUT2D eigenvalue weighted by molar-refractivity contribution is -0.129. The molecule has 0 aromatic carbocycles. The Morgan fingerprint density at radius 2 is 1.82 bits per heavy atom. The van der Waals surface area contributed by atoms with Crippen molar-refractivity contribution in [3.8, 4) is 0 Å². The van der Waals surface area contributed by atoms with Crippen molar-refractivity contribution < 1.29 is 9.53 Å². The van der Waals surface area contributed by atoms with Crippen LogP contribution in [0.5, 0.6) is 0 Å². The largest absolute Gasteiger partial charge is 0.379 e. The van der Waals surface area contributed by atoms with Crippen LogP contribution < -0.4 is 5.32 Å². The van der Waals surface area contributed by atoms with Gasteiger partial charge in [0.05, 0.1) is 19.3 Å². The molecule has 2 heterocycles. The lowest BCUT2D eigenvalue weighted by Crippen LogP contribution is -2.49. The number of carbonyl (C=O) groups excluding carboxylic acids is 1. The number of hydrogen-bond acceptors (Lipinski definition) is 4. The van der Waals surface area contributed by atoms with Gasteiger partial charge in [-0.2, -0.15) is 0 Å². The van der Waals surface area contributed by atoms with E-state index in [1.54, 1.807) is 11.3 Å². The predicted octanol–water partition coefficient (Wildman–Crippen LogP) is 4.27. The Hall–Kier alpha value is -0.620. The second-order valence-corrected chi connectivity index (χ2v) is 10.6. The van der Waals surface area contributed by atoms with Crippen LogP contribution in [-0.2, 0) is 9.53 Å². The third-order valence-electron chi connectivity index (χ3n) is 7.55. The molecule has 5 fully saturated rings. The number of halogens is 1. The molecule has 0 spiro atoms. The Morgan fingerprint density at radius 3 is 2.39 bits per heavy atom. The van der Waals surface area contributed by atoms with E-state index in [9.17, 15) is 4.79 Å². The van der Waals surface area contributed by atoms with Crippen LogP contribution in [0.25, 0.3) is 0 Å². The first-order valence-electron chi connectivity index (χ1n) is 10.8. The SMILES string of the molecule is Cl.O=C(CC12CC3CC(CC(C3)C1)C2)NCC(c1cccs1)N1CCOCC1. The Morgan fingerprint density at radius 1 is 1.18 bits per heavy atom. The van der Waals surface area contributed by atoms with E-state index in [0.717, 1.165) is 57.0 Å². The van der Waals surface area contributed by atoms with Crippen molar-refractivity contribution in [2.75, 3.05) is 32.8 Å². The summed E-state index contributed by atoms with van der Waals surface area (Å²) < 4.78 is 5.53. The van der Waals surface area contributed by atoms with Gasteiger partial charge in [-0.05, 0) is 73.1 Å². The quantitative estimate of drug-likeness (QED) is 0.741. The minimum atomic E-state index is 0. The van der Waals surface area contributed by atoms with Gasteiger partial charge in [-0.15, -0.1) is 23.7 Å². The van der Waals surface area contributed by atoms with E-state index in [2.05, 4.69) is 27.7 Å². The number of carbonyl (C=O) groups is 1. The maximum Gasteiger partial charge on any atom is 0.220 e. The second kappa shape index (κ2) is 8.63. The molecule has 4 saturated carbocycles. The monoisotopic (exact) mass is 424 g/mol. The maximum atomic E-state index is 12.9. The molecule has 1 saturated heterocycles. The summed E-state index contributed by atoms with van der Waals surface area (Å²) in [4.78, 5) is 16.8. The molecule has 6 rings (SSSR count). The number of ether oxygens (including phenoxy) is 1. The number of morpholine rings is 1. The van der Waals surface area contributed by atoms with Gasteiger partial charge in [-0.1, -0.05) is 6.07 Å². The van der Waals surface area contributed by atoms with E-state index in [1.807, 2.05) is 0 Å². The molecule has 1 atom stereocenters. The van der Waals surface area contributed by atoms with Gasteiger partial charge < -0.3 is 10.1 Å². The molecule has 6 heteroatoms. The third-order valence-corrected chi connectivity index (χ3v) is 8.52. The summed E-state index contributed by atoms with van der Waals surface area (Å²) in [5.41, 5.74) is 0.330. The second-order valence-electron chi connectivity index (χ2n) is 9.58. The fourth-order valence-electron chi connectivity index (χ4n) is 6.90. The lowest BCUT2D eigenvalue weighted by Gasteiger charge is -2.56. The third kappa shape index (κ3) is 4.28. The van der Waals surface area contributed by atoms with E-state index in [0.29, 0.717) is 5.41 Å². The molecule has 1 aromatic heterocycles. The van der Waals surface area contributed by atoms with Crippen molar-refractivity contribution in [1.82, 2.24) is 10.2 Å². The molecule has 1 N–H and O–H groups in total. The van der Waals surface area contributed by atoms with E-state index in [1.165, 1.54) is 43.4 Å². The number of thiophene rings is 1. The van der Waals surface area contributed by atoms with Gasteiger partial charge in [0.1, 0.15) is 0 Å². The van der Waals surface area contributed by atoms with E-state index >= 15 is 0 Å².